The molecule has 1 aromatic carbocycles. The van der Waals surface area contributed by atoms with E-state index < -0.39 is 0 Å². The first kappa shape index (κ1) is 15.8. The molecule has 1 aliphatic heterocycles. The first-order valence-corrected chi connectivity index (χ1v) is 8.40. The highest BCUT2D eigenvalue weighted by atomic mass is 16.2. The first-order valence-electron chi connectivity index (χ1n) is 8.40. The molecule has 0 radical (unpaired) electrons. The van der Waals surface area contributed by atoms with E-state index in [0.717, 1.165) is 50.0 Å². The Morgan fingerprint density at radius 3 is 2.30 bits per heavy atom. The standard InChI is InChI=1S/C18H25N3O2/c1-13-3-5-14(6-4-13)19-17(23)20-15-7-11-21(12-8-15)16(22)18(2)9-10-18/h3-6,15H,7-12H2,1-2H3,(H2,19,20,23). The molecule has 2 fully saturated rings. The lowest BCUT2D eigenvalue weighted by molar-refractivity contribution is -0.137. The average Bonchev–Trinajstić information content (AvgIpc) is 3.29. The smallest absolute Gasteiger partial charge is 0.319 e. The van der Waals surface area contributed by atoms with Gasteiger partial charge < -0.3 is 15.5 Å². The topological polar surface area (TPSA) is 61.4 Å². The summed E-state index contributed by atoms with van der Waals surface area (Å²) in [7, 11) is 0. The second-order valence-electron chi connectivity index (χ2n) is 7.09. The van der Waals surface area contributed by atoms with E-state index in [1.54, 1.807) is 0 Å². The van der Waals surface area contributed by atoms with Crippen LogP contribution < -0.4 is 10.6 Å². The molecule has 1 aromatic rings. The number of urea groups is 1. The second-order valence-corrected chi connectivity index (χ2v) is 7.09. The Bertz CT molecular complexity index is 585. The zero-order valence-corrected chi connectivity index (χ0v) is 13.9. The van der Waals surface area contributed by atoms with E-state index in [2.05, 4.69) is 17.6 Å². The van der Waals surface area contributed by atoms with Gasteiger partial charge in [-0.1, -0.05) is 24.6 Å². The monoisotopic (exact) mass is 315 g/mol. The molecule has 0 unspecified atom stereocenters. The average molecular weight is 315 g/mol. The van der Waals surface area contributed by atoms with Crippen LogP contribution in [0.3, 0.4) is 0 Å². The Hall–Kier alpha value is -2.04. The number of rotatable bonds is 3. The maximum atomic E-state index is 12.3. The van der Waals surface area contributed by atoms with Gasteiger partial charge in [-0.25, -0.2) is 4.79 Å². The second kappa shape index (κ2) is 6.22. The van der Waals surface area contributed by atoms with Crippen LogP contribution in [0.15, 0.2) is 24.3 Å². The van der Waals surface area contributed by atoms with Crippen molar-refractivity contribution >= 4 is 17.6 Å². The molecule has 1 saturated carbocycles. The molecular weight excluding hydrogens is 290 g/mol. The molecule has 1 saturated heterocycles. The van der Waals surface area contributed by atoms with Crippen molar-refractivity contribution in [2.24, 2.45) is 5.41 Å². The molecule has 0 bridgehead atoms. The van der Waals surface area contributed by atoms with Gasteiger partial charge in [-0.15, -0.1) is 0 Å². The molecule has 23 heavy (non-hydrogen) atoms. The molecule has 1 heterocycles. The number of carbonyl (C=O) groups excluding carboxylic acids is 2. The highest BCUT2D eigenvalue weighted by Crippen LogP contribution is 2.46. The van der Waals surface area contributed by atoms with Gasteiger partial charge in [0.05, 0.1) is 0 Å². The molecule has 2 N–H and O–H groups in total. The summed E-state index contributed by atoms with van der Waals surface area (Å²) in [6.07, 6.45) is 3.68. The molecule has 5 nitrogen and oxygen atoms in total. The molecule has 0 spiro atoms. The fourth-order valence-corrected chi connectivity index (χ4v) is 3.00. The third-order valence-corrected chi connectivity index (χ3v) is 4.94. The Morgan fingerprint density at radius 1 is 1.13 bits per heavy atom. The lowest BCUT2D eigenvalue weighted by Gasteiger charge is -2.34. The lowest BCUT2D eigenvalue weighted by atomic mass is 10.0. The van der Waals surface area contributed by atoms with Crippen molar-refractivity contribution < 1.29 is 9.59 Å². The van der Waals surface area contributed by atoms with Gasteiger partial charge in [-0.05, 0) is 44.7 Å². The third kappa shape index (κ3) is 3.84. The van der Waals surface area contributed by atoms with Crippen LogP contribution in [0, 0.1) is 12.3 Å². The van der Waals surface area contributed by atoms with E-state index in [9.17, 15) is 9.59 Å². The minimum absolute atomic E-state index is 0.0942. The van der Waals surface area contributed by atoms with Crippen LogP contribution in [0.2, 0.25) is 0 Å². The molecule has 2 aliphatic rings. The molecular formula is C18H25N3O2. The Kier molecular flexibility index (Phi) is 4.28. The Labute approximate surface area is 137 Å². The molecule has 0 atom stereocenters. The zero-order chi connectivity index (χ0) is 16.4. The SMILES string of the molecule is Cc1ccc(NC(=O)NC2CCN(C(=O)C3(C)CC3)CC2)cc1. The first-order chi connectivity index (χ1) is 11.0. The summed E-state index contributed by atoms with van der Waals surface area (Å²) in [6, 6.07) is 7.69. The molecule has 124 valence electrons. The number of nitrogens with one attached hydrogen (secondary N) is 2. The molecule has 3 rings (SSSR count). The summed E-state index contributed by atoms with van der Waals surface area (Å²) in [6.45, 7) is 5.55. The molecule has 5 heteroatoms. The summed E-state index contributed by atoms with van der Waals surface area (Å²) in [5.41, 5.74) is 1.86. The van der Waals surface area contributed by atoms with Gasteiger partial charge in [0.1, 0.15) is 0 Å². The van der Waals surface area contributed by atoms with E-state index in [-0.39, 0.29) is 17.5 Å². The predicted molar refractivity (Wildman–Crippen MR) is 90.3 cm³/mol. The van der Waals surface area contributed by atoms with Crippen molar-refractivity contribution in [2.45, 2.75) is 45.6 Å². The predicted octanol–water partition coefficient (Wildman–Crippen LogP) is 2.91. The van der Waals surface area contributed by atoms with E-state index in [4.69, 9.17) is 0 Å². The number of hydrogen-bond acceptors (Lipinski definition) is 2. The summed E-state index contributed by atoms with van der Waals surface area (Å²) in [5.74, 6) is 0.292. The van der Waals surface area contributed by atoms with Gasteiger partial charge in [-0.2, -0.15) is 0 Å². The summed E-state index contributed by atoms with van der Waals surface area (Å²) in [5, 5.41) is 5.86. The van der Waals surface area contributed by atoms with Crippen molar-refractivity contribution in [3.05, 3.63) is 29.8 Å². The van der Waals surface area contributed by atoms with Crippen LogP contribution in [-0.2, 0) is 4.79 Å². The summed E-state index contributed by atoms with van der Waals surface area (Å²) >= 11 is 0. The molecule has 3 amide bonds. The number of amides is 3. The number of carbonyl (C=O) groups is 2. The van der Waals surface area contributed by atoms with Gasteiger partial charge in [-0.3, -0.25) is 4.79 Å². The summed E-state index contributed by atoms with van der Waals surface area (Å²) < 4.78 is 0. The minimum atomic E-state index is -0.173. The van der Waals surface area contributed by atoms with Gasteiger partial charge in [0.2, 0.25) is 5.91 Å². The number of hydrogen-bond donors (Lipinski definition) is 2. The van der Waals surface area contributed by atoms with Crippen molar-refractivity contribution in [1.82, 2.24) is 10.2 Å². The molecule has 1 aliphatic carbocycles. The zero-order valence-electron chi connectivity index (χ0n) is 13.9. The van der Waals surface area contributed by atoms with Crippen LogP contribution in [-0.4, -0.2) is 36.0 Å². The summed E-state index contributed by atoms with van der Waals surface area (Å²) in [4.78, 5) is 26.3. The van der Waals surface area contributed by atoms with Crippen LogP contribution in [0.5, 0.6) is 0 Å². The van der Waals surface area contributed by atoms with Crippen molar-refractivity contribution in [3.8, 4) is 0 Å². The lowest BCUT2D eigenvalue weighted by Crippen LogP contribution is -2.49. The van der Waals surface area contributed by atoms with Crippen LogP contribution in [0.25, 0.3) is 0 Å². The van der Waals surface area contributed by atoms with Crippen LogP contribution in [0.4, 0.5) is 10.5 Å². The van der Waals surface area contributed by atoms with Crippen molar-refractivity contribution in [2.75, 3.05) is 18.4 Å². The maximum Gasteiger partial charge on any atom is 0.319 e. The Morgan fingerprint density at radius 2 is 1.74 bits per heavy atom. The number of aryl methyl sites for hydroxylation is 1. The van der Waals surface area contributed by atoms with Gasteiger partial charge in [0.15, 0.2) is 0 Å². The highest BCUT2D eigenvalue weighted by Gasteiger charge is 2.47. The number of likely N-dealkylation sites (tertiary alicyclic amines) is 1. The van der Waals surface area contributed by atoms with Gasteiger partial charge >= 0.3 is 6.03 Å². The Balaban J connectivity index is 1.44. The number of nitrogens with zero attached hydrogens (tertiary/aromatic N) is 1. The number of benzene rings is 1. The van der Waals surface area contributed by atoms with E-state index >= 15 is 0 Å². The van der Waals surface area contributed by atoms with Crippen LogP contribution in [0.1, 0.15) is 38.2 Å². The quantitative estimate of drug-likeness (QED) is 0.901. The van der Waals surface area contributed by atoms with Gasteiger partial charge in [0, 0.05) is 30.2 Å². The largest absolute Gasteiger partial charge is 0.342 e. The third-order valence-electron chi connectivity index (χ3n) is 4.94. The highest BCUT2D eigenvalue weighted by molar-refractivity contribution is 5.89. The van der Waals surface area contributed by atoms with Crippen molar-refractivity contribution in [1.29, 1.82) is 0 Å². The van der Waals surface area contributed by atoms with Crippen molar-refractivity contribution in [3.63, 3.8) is 0 Å². The number of piperidine rings is 1. The van der Waals surface area contributed by atoms with E-state index in [1.165, 1.54) is 0 Å². The van der Waals surface area contributed by atoms with Crippen LogP contribution >= 0.6 is 0 Å². The van der Waals surface area contributed by atoms with E-state index in [1.807, 2.05) is 36.1 Å². The fraction of sp³-hybridized carbons (Fsp3) is 0.556. The van der Waals surface area contributed by atoms with Gasteiger partial charge in [0.25, 0.3) is 0 Å². The molecule has 0 aromatic heterocycles. The van der Waals surface area contributed by atoms with E-state index in [0.29, 0.717) is 5.91 Å². The normalized spacial score (nSPS) is 20.0. The minimum Gasteiger partial charge on any atom is -0.342 e. The number of anilines is 1. The maximum absolute atomic E-state index is 12.3. The fourth-order valence-electron chi connectivity index (χ4n) is 3.00.